The van der Waals surface area contributed by atoms with Gasteiger partial charge >= 0.3 is 0 Å². The van der Waals surface area contributed by atoms with Gasteiger partial charge in [-0.3, -0.25) is 4.79 Å². The van der Waals surface area contributed by atoms with E-state index in [4.69, 9.17) is 0 Å². The molecular weight excluding hydrogens is 338 g/mol. The molecular formula is C18H25N3OS2. The van der Waals surface area contributed by atoms with Crippen molar-refractivity contribution in [3.63, 3.8) is 0 Å². The Morgan fingerprint density at radius 2 is 2.00 bits per heavy atom. The lowest BCUT2D eigenvalue weighted by Gasteiger charge is -2.22. The zero-order valence-corrected chi connectivity index (χ0v) is 16.3. The molecule has 0 saturated heterocycles. The van der Waals surface area contributed by atoms with E-state index in [-0.39, 0.29) is 5.91 Å². The van der Waals surface area contributed by atoms with Gasteiger partial charge in [0.1, 0.15) is 15.7 Å². The molecule has 1 aliphatic rings. The van der Waals surface area contributed by atoms with Gasteiger partial charge in [0, 0.05) is 16.3 Å². The number of thioether (sulfide) groups is 1. The molecule has 3 rings (SSSR count). The molecule has 24 heavy (non-hydrogen) atoms. The van der Waals surface area contributed by atoms with Crippen molar-refractivity contribution in [2.24, 2.45) is 0 Å². The molecule has 1 fully saturated rings. The maximum absolute atomic E-state index is 12.3. The van der Waals surface area contributed by atoms with E-state index in [9.17, 15) is 4.79 Å². The maximum atomic E-state index is 12.3. The molecule has 0 radical (unpaired) electrons. The topological polar surface area (TPSA) is 54.9 Å². The first-order valence-electron chi connectivity index (χ1n) is 8.77. The molecule has 1 amide bonds. The van der Waals surface area contributed by atoms with Crippen LogP contribution in [0.25, 0.3) is 10.2 Å². The quantitative estimate of drug-likeness (QED) is 0.631. The third-order valence-corrected chi connectivity index (χ3v) is 6.61. The SMILES string of the molecule is CCc1c(C)sc2nc(C)nc(SCC(=O)NC3CCCCC3)c12. The number of thiophene rings is 1. The number of nitrogens with one attached hydrogen (secondary N) is 1. The molecule has 1 N–H and O–H groups in total. The minimum Gasteiger partial charge on any atom is -0.353 e. The van der Waals surface area contributed by atoms with Gasteiger partial charge in [0.15, 0.2) is 0 Å². The molecule has 130 valence electrons. The van der Waals surface area contributed by atoms with Crippen LogP contribution in [-0.4, -0.2) is 27.7 Å². The highest BCUT2D eigenvalue weighted by Crippen LogP contribution is 2.35. The molecule has 6 heteroatoms. The summed E-state index contributed by atoms with van der Waals surface area (Å²) in [5.41, 5.74) is 1.32. The van der Waals surface area contributed by atoms with E-state index < -0.39 is 0 Å². The number of hydrogen-bond donors (Lipinski definition) is 1. The fraction of sp³-hybridized carbons (Fsp3) is 0.611. The van der Waals surface area contributed by atoms with Crippen LogP contribution in [0.5, 0.6) is 0 Å². The van der Waals surface area contributed by atoms with Gasteiger partial charge < -0.3 is 5.32 Å². The monoisotopic (exact) mass is 363 g/mol. The average molecular weight is 364 g/mol. The Morgan fingerprint density at radius 3 is 2.71 bits per heavy atom. The summed E-state index contributed by atoms with van der Waals surface area (Å²) in [5, 5.41) is 5.29. The van der Waals surface area contributed by atoms with E-state index in [1.807, 2.05) is 6.92 Å². The lowest BCUT2D eigenvalue weighted by molar-refractivity contribution is -0.119. The second-order valence-electron chi connectivity index (χ2n) is 6.44. The molecule has 1 saturated carbocycles. The number of amides is 1. The highest BCUT2D eigenvalue weighted by molar-refractivity contribution is 8.00. The van der Waals surface area contributed by atoms with Crippen LogP contribution in [0.3, 0.4) is 0 Å². The highest BCUT2D eigenvalue weighted by atomic mass is 32.2. The Balaban J connectivity index is 1.73. The molecule has 0 aliphatic heterocycles. The predicted octanol–water partition coefficient (Wildman–Crippen LogP) is 4.41. The van der Waals surface area contributed by atoms with Crippen molar-refractivity contribution < 1.29 is 4.79 Å². The second kappa shape index (κ2) is 7.83. The Kier molecular flexibility index (Phi) is 5.76. The number of hydrogen-bond acceptors (Lipinski definition) is 5. The third-order valence-electron chi connectivity index (χ3n) is 4.59. The highest BCUT2D eigenvalue weighted by Gasteiger charge is 2.18. The van der Waals surface area contributed by atoms with Crippen molar-refractivity contribution in [1.29, 1.82) is 0 Å². The van der Waals surface area contributed by atoms with Crippen LogP contribution in [0.2, 0.25) is 0 Å². The summed E-state index contributed by atoms with van der Waals surface area (Å²) in [7, 11) is 0. The first kappa shape index (κ1) is 17.7. The zero-order valence-electron chi connectivity index (χ0n) is 14.6. The number of aryl methyl sites for hydroxylation is 3. The standard InChI is InChI=1S/C18H25N3OS2/c1-4-14-11(2)24-18-16(14)17(19-12(3)20-18)23-10-15(22)21-13-8-6-5-7-9-13/h13H,4-10H2,1-3H3,(H,21,22). The van der Waals surface area contributed by atoms with E-state index in [0.29, 0.717) is 11.8 Å². The van der Waals surface area contributed by atoms with Gasteiger partial charge in [-0.25, -0.2) is 9.97 Å². The van der Waals surface area contributed by atoms with Crippen LogP contribution in [0, 0.1) is 13.8 Å². The summed E-state index contributed by atoms with van der Waals surface area (Å²) in [4.78, 5) is 23.8. The van der Waals surface area contributed by atoms with Crippen LogP contribution < -0.4 is 5.32 Å². The van der Waals surface area contributed by atoms with E-state index in [2.05, 4.69) is 29.1 Å². The van der Waals surface area contributed by atoms with Gasteiger partial charge in [0.2, 0.25) is 5.91 Å². The molecule has 0 atom stereocenters. The molecule has 2 aromatic heterocycles. The predicted molar refractivity (Wildman–Crippen MR) is 102 cm³/mol. The molecule has 0 unspecified atom stereocenters. The first-order chi connectivity index (χ1) is 11.6. The van der Waals surface area contributed by atoms with Crippen LogP contribution in [0.1, 0.15) is 55.3 Å². The fourth-order valence-corrected chi connectivity index (χ4v) is 5.55. The molecule has 2 heterocycles. The lowest BCUT2D eigenvalue weighted by atomic mass is 9.95. The van der Waals surface area contributed by atoms with E-state index in [1.165, 1.54) is 29.7 Å². The fourth-order valence-electron chi connectivity index (χ4n) is 3.42. The second-order valence-corrected chi connectivity index (χ2v) is 8.60. The third kappa shape index (κ3) is 3.91. The molecule has 2 aromatic rings. The number of carbonyl (C=O) groups excluding carboxylic acids is 1. The van der Waals surface area contributed by atoms with Crippen molar-refractivity contribution in [3.8, 4) is 0 Å². The van der Waals surface area contributed by atoms with Crippen LogP contribution in [0.15, 0.2) is 5.03 Å². The summed E-state index contributed by atoms with van der Waals surface area (Å²) >= 11 is 3.28. The van der Waals surface area contributed by atoms with Gasteiger partial charge in [-0.2, -0.15) is 0 Å². The van der Waals surface area contributed by atoms with Crippen LogP contribution >= 0.6 is 23.1 Å². The summed E-state index contributed by atoms with van der Waals surface area (Å²) in [6, 6.07) is 0.369. The zero-order chi connectivity index (χ0) is 17.1. The molecule has 0 spiro atoms. The summed E-state index contributed by atoms with van der Waals surface area (Å²) in [6.45, 7) is 6.23. The number of carbonyl (C=O) groups is 1. The van der Waals surface area contributed by atoms with Crippen molar-refractivity contribution in [1.82, 2.24) is 15.3 Å². The Morgan fingerprint density at radius 1 is 1.25 bits per heavy atom. The van der Waals surface area contributed by atoms with Gasteiger partial charge in [-0.15, -0.1) is 11.3 Å². The number of nitrogens with zero attached hydrogens (tertiary/aromatic N) is 2. The molecule has 1 aliphatic carbocycles. The smallest absolute Gasteiger partial charge is 0.230 e. The number of fused-ring (bicyclic) bond motifs is 1. The Bertz CT molecular complexity index is 735. The Labute approximate surface area is 151 Å². The Hall–Kier alpha value is -1.14. The minimum absolute atomic E-state index is 0.126. The van der Waals surface area contributed by atoms with E-state index >= 15 is 0 Å². The lowest BCUT2D eigenvalue weighted by Crippen LogP contribution is -2.37. The minimum atomic E-state index is 0.126. The first-order valence-corrected chi connectivity index (χ1v) is 10.6. The van der Waals surface area contributed by atoms with Crippen molar-refractivity contribution in [2.75, 3.05) is 5.75 Å². The van der Waals surface area contributed by atoms with E-state index in [1.54, 1.807) is 23.1 Å². The van der Waals surface area contributed by atoms with Crippen LogP contribution in [0.4, 0.5) is 0 Å². The maximum Gasteiger partial charge on any atom is 0.230 e. The van der Waals surface area contributed by atoms with Crippen molar-refractivity contribution in [2.45, 2.75) is 70.4 Å². The largest absolute Gasteiger partial charge is 0.353 e. The average Bonchev–Trinajstić information content (AvgIpc) is 2.88. The molecule has 0 bridgehead atoms. The summed E-state index contributed by atoms with van der Waals surface area (Å²) < 4.78 is 0. The molecule has 0 aromatic carbocycles. The van der Waals surface area contributed by atoms with Crippen molar-refractivity contribution >= 4 is 39.2 Å². The normalized spacial score (nSPS) is 15.8. The van der Waals surface area contributed by atoms with Crippen molar-refractivity contribution in [3.05, 3.63) is 16.3 Å². The van der Waals surface area contributed by atoms with E-state index in [0.717, 1.165) is 40.3 Å². The summed E-state index contributed by atoms with van der Waals surface area (Å²) in [6.07, 6.45) is 6.99. The summed E-state index contributed by atoms with van der Waals surface area (Å²) in [5.74, 6) is 1.34. The van der Waals surface area contributed by atoms with Gasteiger partial charge in [-0.1, -0.05) is 37.9 Å². The number of rotatable bonds is 5. The van der Waals surface area contributed by atoms with Gasteiger partial charge in [0.05, 0.1) is 5.75 Å². The van der Waals surface area contributed by atoms with Gasteiger partial charge in [0.25, 0.3) is 0 Å². The van der Waals surface area contributed by atoms with Crippen LogP contribution in [-0.2, 0) is 11.2 Å². The number of aromatic nitrogens is 2. The van der Waals surface area contributed by atoms with Gasteiger partial charge in [-0.05, 0) is 38.7 Å². The molecule has 4 nitrogen and oxygen atoms in total.